The Morgan fingerprint density at radius 3 is 2.05 bits per heavy atom. The molecule has 0 aromatic heterocycles. The molecule has 1 aliphatic heterocycles. The van der Waals surface area contributed by atoms with Gasteiger partial charge in [-0.2, -0.15) is 0 Å². The van der Waals surface area contributed by atoms with E-state index in [-0.39, 0.29) is 6.04 Å². The van der Waals surface area contributed by atoms with Crippen molar-refractivity contribution < 1.29 is 9.53 Å². The van der Waals surface area contributed by atoms with Crippen LogP contribution in [0.25, 0.3) is 0 Å². The second-order valence-electron chi connectivity index (χ2n) is 6.89. The Morgan fingerprint density at radius 1 is 1.05 bits per heavy atom. The van der Waals surface area contributed by atoms with Crippen LogP contribution in [0.15, 0.2) is 0 Å². The number of Topliss-reactive ketones (excluding diaryl/α,β-unsaturated/α-hetero) is 1. The Balaban J connectivity index is 1.96. The molecular weight excluding hydrogens is 262 g/mol. The van der Waals surface area contributed by atoms with E-state index >= 15 is 0 Å². The average Bonchev–Trinajstić information content (AvgIpc) is 2.82. The maximum atomic E-state index is 12.3. The van der Waals surface area contributed by atoms with Gasteiger partial charge in [-0.1, -0.05) is 64.7 Å². The summed E-state index contributed by atoms with van der Waals surface area (Å²) in [7, 11) is 0. The van der Waals surface area contributed by atoms with Crippen LogP contribution in [0, 0.1) is 5.41 Å². The van der Waals surface area contributed by atoms with Crippen LogP contribution in [-0.2, 0) is 9.53 Å². The van der Waals surface area contributed by atoms with Crippen LogP contribution in [0.4, 0.5) is 0 Å². The fourth-order valence-corrected chi connectivity index (χ4v) is 3.03. The Morgan fingerprint density at radius 2 is 1.57 bits per heavy atom. The highest BCUT2D eigenvalue weighted by Gasteiger charge is 2.43. The highest BCUT2D eigenvalue weighted by atomic mass is 16.5. The Bertz CT molecular complexity index is 293. The third-order valence-electron chi connectivity index (χ3n) is 4.91. The van der Waals surface area contributed by atoms with Crippen molar-refractivity contribution in [3.05, 3.63) is 0 Å². The van der Waals surface area contributed by atoms with E-state index in [0.29, 0.717) is 25.4 Å². The number of unbranched alkanes of at least 4 members (excludes halogenated alkanes) is 9. The van der Waals surface area contributed by atoms with Gasteiger partial charge in [0.2, 0.25) is 0 Å². The summed E-state index contributed by atoms with van der Waals surface area (Å²) < 4.78 is 5.35. The van der Waals surface area contributed by atoms with E-state index in [1.807, 2.05) is 6.92 Å². The maximum Gasteiger partial charge on any atom is 0.142 e. The third kappa shape index (κ3) is 6.48. The Hall–Kier alpha value is -0.410. The standard InChI is InChI=1S/C18H35NO2/c1-3-4-5-6-7-8-9-10-11-12-13-17(20)18(2)15-21-14-16(18)19/h16H,3-15,19H2,1-2H3. The van der Waals surface area contributed by atoms with Crippen molar-refractivity contribution in [3.63, 3.8) is 0 Å². The number of hydrogen-bond donors (Lipinski definition) is 1. The average molecular weight is 297 g/mol. The molecule has 0 spiro atoms. The highest BCUT2D eigenvalue weighted by molar-refractivity contribution is 5.85. The van der Waals surface area contributed by atoms with Gasteiger partial charge in [0.05, 0.1) is 18.6 Å². The van der Waals surface area contributed by atoms with Gasteiger partial charge >= 0.3 is 0 Å². The van der Waals surface area contributed by atoms with E-state index in [2.05, 4.69) is 6.92 Å². The summed E-state index contributed by atoms with van der Waals surface area (Å²) in [5.41, 5.74) is 5.56. The molecule has 21 heavy (non-hydrogen) atoms. The van der Waals surface area contributed by atoms with Crippen molar-refractivity contribution in [3.8, 4) is 0 Å². The zero-order valence-electron chi connectivity index (χ0n) is 14.2. The lowest BCUT2D eigenvalue weighted by molar-refractivity contribution is -0.128. The van der Waals surface area contributed by atoms with Crippen LogP contribution in [0.3, 0.4) is 0 Å². The first-order valence-electron chi connectivity index (χ1n) is 8.98. The quantitative estimate of drug-likeness (QED) is 0.548. The zero-order chi connectivity index (χ0) is 15.6. The van der Waals surface area contributed by atoms with Crippen LogP contribution in [-0.4, -0.2) is 25.0 Å². The predicted molar refractivity (Wildman–Crippen MR) is 88.4 cm³/mol. The molecule has 0 aromatic carbocycles. The molecule has 1 fully saturated rings. The van der Waals surface area contributed by atoms with Gasteiger partial charge < -0.3 is 10.5 Å². The molecule has 0 aromatic rings. The molecule has 3 heteroatoms. The largest absolute Gasteiger partial charge is 0.379 e. The Labute approximate surface area is 131 Å². The normalized spacial score (nSPS) is 25.4. The fourth-order valence-electron chi connectivity index (χ4n) is 3.03. The molecule has 2 atom stereocenters. The van der Waals surface area contributed by atoms with E-state index in [0.717, 1.165) is 6.42 Å². The number of hydrogen-bond acceptors (Lipinski definition) is 3. The van der Waals surface area contributed by atoms with Gasteiger partial charge in [0.15, 0.2) is 0 Å². The first kappa shape index (κ1) is 18.6. The zero-order valence-corrected chi connectivity index (χ0v) is 14.2. The summed E-state index contributed by atoms with van der Waals surface area (Å²) in [5, 5.41) is 0. The molecule has 2 N–H and O–H groups in total. The van der Waals surface area contributed by atoms with Gasteiger partial charge in [0, 0.05) is 12.5 Å². The minimum atomic E-state index is -0.431. The predicted octanol–water partition coefficient (Wildman–Crippen LogP) is 4.23. The number of carbonyl (C=O) groups is 1. The number of ketones is 1. The SMILES string of the molecule is CCCCCCCCCCCCC(=O)C1(C)COCC1N. The van der Waals surface area contributed by atoms with Crippen molar-refractivity contribution >= 4 is 5.78 Å². The molecular formula is C18H35NO2. The fraction of sp³-hybridized carbons (Fsp3) is 0.944. The van der Waals surface area contributed by atoms with Gasteiger partial charge in [-0.25, -0.2) is 0 Å². The van der Waals surface area contributed by atoms with E-state index in [4.69, 9.17) is 10.5 Å². The van der Waals surface area contributed by atoms with Crippen LogP contribution < -0.4 is 5.73 Å². The second-order valence-corrected chi connectivity index (χ2v) is 6.89. The third-order valence-corrected chi connectivity index (χ3v) is 4.91. The number of rotatable bonds is 12. The monoisotopic (exact) mass is 297 g/mol. The van der Waals surface area contributed by atoms with Crippen molar-refractivity contribution in [1.29, 1.82) is 0 Å². The maximum absolute atomic E-state index is 12.3. The van der Waals surface area contributed by atoms with Crippen molar-refractivity contribution in [2.75, 3.05) is 13.2 Å². The molecule has 0 saturated carbocycles. The first-order chi connectivity index (χ1) is 10.1. The molecule has 3 nitrogen and oxygen atoms in total. The van der Waals surface area contributed by atoms with E-state index in [1.54, 1.807) is 0 Å². The van der Waals surface area contributed by atoms with E-state index in [1.165, 1.54) is 57.8 Å². The molecule has 1 saturated heterocycles. The van der Waals surface area contributed by atoms with Gasteiger partial charge in [0.1, 0.15) is 5.78 Å². The van der Waals surface area contributed by atoms with Gasteiger partial charge in [-0.05, 0) is 13.3 Å². The van der Waals surface area contributed by atoms with Crippen LogP contribution in [0.5, 0.6) is 0 Å². The topological polar surface area (TPSA) is 52.3 Å². The lowest BCUT2D eigenvalue weighted by Gasteiger charge is -2.25. The summed E-state index contributed by atoms with van der Waals surface area (Å²) in [6.07, 6.45) is 13.7. The first-order valence-corrected chi connectivity index (χ1v) is 8.98. The summed E-state index contributed by atoms with van der Waals surface area (Å²) in [5.74, 6) is 0.298. The number of nitrogens with two attached hydrogens (primary N) is 1. The molecule has 1 rings (SSSR count). The molecule has 2 unspecified atom stereocenters. The van der Waals surface area contributed by atoms with E-state index in [9.17, 15) is 4.79 Å². The molecule has 1 heterocycles. The molecule has 0 amide bonds. The molecule has 0 radical (unpaired) electrons. The number of ether oxygens (including phenoxy) is 1. The van der Waals surface area contributed by atoms with Crippen LogP contribution in [0.2, 0.25) is 0 Å². The van der Waals surface area contributed by atoms with Crippen LogP contribution >= 0.6 is 0 Å². The molecule has 1 aliphatic rings. The number of carbonyl (C=O) groups excluding carboxylic acids is 1. The molecule has 0 aliphatic carbocycles. The van der Waals surface area contributed by atoms with Gasteiger partial charge in [-0.15, -0.1) is 0 Å². The summed E-state index contributed by atoms with van der Waals surface area (Å²) in [6, 6.07) is -0.117. The smallest absolute Gasteiger partial charge is 0.142 e. The Kier molecular flexibility index (Phi) is 9.18. The van der Waals surface area contributed by atoms with Crippen LogP contribution in [0.1, 0.15) is 84.5 Å². The highest BCUT2D eigenvalue weighted by Crippen LogP contribution is 2.30. The van der Waals surface area contributed by atoms with Crippen molar-refractivity contribution in [2.45, 2.75) is 90.5 Å². The lowest BCUT2D eigenvalue weighted by atomic mass is 9.79. The second kappa shape index (κ2) is 10.3. The lowest BCUT2D eigenvalue weighted by Crippen LogP contribution is -2.44. The molecule has 124 valence electrons. The minimum absolute atomic E-state index is 0.117. The van der Waals surface area contributed by atoms with Crippen molar-refractivity contribution in [1.82, 2.24) is 0 Å². The van der Waals surface area contributed by atoms with Crippen molar-refractivity contribution in [2.24, 2.45) is 11.1 Å². The molecule has 0 bridgehead atoms. The summed E-state index contributed by atoms with van der Waals surface area (Å²) in [4.78, 5) is 12.3. The summed E-state index contributed by atoms with van der Waals surface area (Å²) >= 11 is 0. The van der Waals surface area contributed by atoms with Gasteiger partial charge in [0.25, 0.3) is 0 Å². The van der Waals surface area contributed by atoms with Gasteiger partial charge in [-0.3, -0.25) is 4.79 Å². The summed E-state index contributed by atoms with van der Waals surface area (Å²) in [6.45, 7) is 5.25. The van der Waals surface area contributed by atoms with E-state index < -0.39 is 5.41 Å². The minimum Gasteiger partial charge on any atom is -0.379 e.